The molecule has 1 rings (SSSR count). The van der Waals surface area contributed by atoms with E-state index in [1.165, 1.54) is 0 Å². The molecule has 0 aliphatic carbocycles. The van der Waals surface area contributed by atoms with Gasteiger partial charge in [-0.05, 0) is 18.2 Å². The van der Waals surface area contributed by atoms with Crippen LogP contribution in [0, 0.1) is 22.7 Å². The van der Waals surface area contributed by atoms with Gasteiger partial charge in [-0.25, -0.2) is 0 Å². The first-order valence-corrected chi connectivity index (χ1v) is 4.46. The third-order valence-electron chi connectivity index (χ3n) is 1.65. The summed E-state index contributed by atoms with van der Waals surface area (Å²) in [4.78, 5) is 0. The highest BCUT2D eigenvalue weighted by Crippen LogP contribution is 2.19. The molecule has 0 fully saturated rings. The van der Waals surface area contributed by atoms with Crippen LogP contribution in [0.15, 0.2) is 18.2 Å². The van der Waals surface area contributed by atoms with Gasteiger partial charge in [0.2, 0.25) is 0 Å². The van der Waals surface area contributed by atoms with Crippen LogP contribution in [0.2, 0.25) is 5.02 Å². The summed E-state index contributed by atoms with van der Waals surface area (Å²) in [5, 5.41) is 20.6. The molecular weight excluding hydrogens is 198 g/mol. The maximum atomic E-state index is 8.79. The molecule has 0 radical (unpaired) electrons. The van der Waals surface area contributed by atoms with Gasteiger partial charge >= 0.3 is 0 Å². The number of anilines is 1. The van der Waals surface area contributed by atoms with Crippen molar-refractivity contribution < 1.29 is 0 Å². The van der Waals surface area contributed by atoms with Crippen molar-refractivity contribution in [2.75, 3.05) is 11.9 Å². The van der Waals surface area contributed by atoms with E-state index in [1.807, 2.05) is 12.1 Å². The van der Waals surface area contributed by atoms with Gasteiger partial charge in [0.25, 0.3) is 0 Å². The highest BCUT2D eigenvalue weighted by Gasteiger charge is 2.01. The molecule has 0 saturated carbocycles. The van der Waals surface area contributed by atoms with Gasteiger partial charge in [-0.1, -0.05) is 11.6 Å². The predicted molar refractivity (Wildman–Crippen MR) is 54.9 cm³/mol. The van der Waals surface area contributed by atoms with Crippen molar-refractivity contribution in [2.45, 2.75) is 6.42 Å². The summed E-state index contributed by atoms with van der Waals surface area (Å²) < 4.78 is 0. The average Bonchev–Trinajstić information content (AvgIpc) is 2.20. The van der Waals surface area contributed by atoms with Crippen LogP contribution in [0.1, 0.15) is 12.0 Å². The second-order valence-corrected chi connectivity index (χ2v) is 3.07. The van der Waals surface area contributed by atoms with Crippen molar-refractivity contribution in [1.29, 1.82) is 10.5 Å². The van der Waals surface area contributed by atoms with Gasteiger partial charge in [0.05, 0.1) is 23.7 Å². The Bertz CT molecular complexity index is 401. The summed E-state index contributed by atoms with van der Waals surface area (Å²) >= 11 is 5.73. The Morgan fingerprint density at radius 1 is 1.36 bits per heavy atom. The summed E-state index contributed by atoms with van der Waals surface area (Å²) in [5.41, 5.74) is 1.21. The lowest BCUT2D eigenvalue weighted by atomic mass is 10.2. The third-order valence-corrected chi connectivity index (χ3v) is 1.89. The Morgan fingerprint density at radius 2 is 2.14 bits per heavy atom. The number of nitrogens with zero attached hydrogens (tertiary/aromatic N) is 2. The molecule has 0 aromatic heterocycles. The standard InChI is InChI=1S/C10H8ClN3/c11-9-2-3-10(8(6-9)7-13)14-5-1-4-12/h2-3,6,14H,1,5H2. The second-order valence-electron chi connectivity index (χ2n) is 2.64. The SMILES string of the molecule is N#CCCNc1ccc(Cl)cc1C#N. The van der Waals surface area contributed by atoms with Crippen LogP contribution in [0.4, 0.5) is 5.69 Å². The van der Waals surface area contributed by atoms with E-state index in [9.17, 15) is 0 Å². The van der Waals surface area contributed by atoms with Crippen molar-refractivity contribution in [3.8, 4) is 12.1 Å². The predicted octanol–water partition coefficient (Wildman–Crippen LogP) is 2.54. The van der Waals surface area contributed by atoms with Crippen molar-refractivity contribution in [1.82, 2.24) is 0 Å². The van der Waals surface area contributed by atoms with Crippen LogP contribution in [0.3, 0.4) is 0 Å². The molecule has 0 unspecified atom stereocenters. The van der Waals surface area contributed by atoms with Gasteiger partial charge in [0.1, 0.15) is 6.07 Å². The van der Waals surface area contributed by atoms with E-state index in [1.54, 1.807) is 18.2 Å². The minimum Gasteiger partial charge on any atom is -0.383 e. The van der Waals surface area contributed by atoms with Gasteiger partial charge in [0, 0.05) is 11.6 Å². The molecule has 0 saturated heterocycles. The van der Waals surface area contributed by atoms with Crippen LogP contribution in [-0.4, -0.2) is 6.54 Å². The Labute approximate surface area is 87.5 Å². The number of benzene rings is 1. The molecule has 0 spiro atoms. The third kappa shape index (κ3) is 2.65. The zero-order valence-electron chi connectivity index (χ0n) is 7.42. The number of halogens is 1. The van der Waals surface area contributed by atoms with Gasteiger partial charge in [-0.2, -0.15) is 10.5 Å². The highest BCUT2D eigenvalue weighted by atomic mass is 35.5. The van der Waals surface area contributed by atoms with Gasteiger partial charge in [0.15, 0.2) is 0 Å². The van der Waals surface area contributed by atoms with Crippen molar-refractivity contribution in [2.24, 2.45) is 0 Å². The summed E-state index contributed by atoms with van der Waals surface area (Å²) in [6.07, 6.45) is 0.410. The lowest BCUT2D eigenvalue weighted by Crippen LogP contribution is -2.01. The summed E-state index contributed by atoms with van der Waals surface area (Å²) in [5.74, 6) is 0. The number of nitrogens with one attached hydrogen (secondary N) is 1. The zero-order chi connectivity index (χ0) is 10.4. The summed E-state index contributed by atoms with van der Waals surface area (Å²) in [7, 11) is 0. The fraction of sp³-hybridized carbons (Fsp3) is 0.200. The molecule has 0 aliphatic rings. The summed E-state index contributed by atoms with van der Waals surface area (Å²) in [6, 6.07) is 9.08. The Morgan fingerprint density at radius 3 is 2.79 bits per heavy atom. The number of rotatable bonds is 3. The fourth-order valence-corrected chi connectivity index (χ4v) is 1.19. The monoisotopic (exact) mass is 205 g/mol. The molecule has 0 atom stereocenters. The quantitative estimate of drug-likeness (QED) is 0.772. The molecule has 1 aromatic rings. The summed E-state index contributed by atoms with van der Waals surface area (Å²) in [6.45, 7) is 0.535. The minimum atomic E-state index is 0.410. The molecule has 1 aromatic carbocycles. The maximum Gasteiger partial charge on any atom is 0.101 e. The zero-order valence-corrected chi connectivity index (χ0v) is 8.17. The van der Waals surface area contributed by atoms with Crippen molar-refractivity contribution >= 4 is 17.3 Å². The smallest absolute Gasteiger partial charge is 0.101 e. The Hall–Kier alpha value is -1.71. The normalized spacial score (nSPS) is 8.79. The molecular formula is C10H8ClN3. The van der Waals surface area contributed by atoms with Gasteiger partial charge in [-0.3, -0.25) is 0 Å². The molecule has 4 heteroatoms. The van der Waals surface area contributed by atoms with E-state index in [0.717, 1.165) is 0 Å². The minimum absolute atomic E-state index is 0.410. The van der Waals surface area contributed by atoms with Crippen LogP contribution >= 0.6 is 11.6 Å². The molecule has 0 heterocycles. The van der Waals surface area contributed by atoms with E-state index < -0.39 is 0 Å². The van der Waals surface area contributed by atoms with E-state index in [4.69, 9.17) is 22.1 Å². The highest BCUT2D eigenvalue weighted by molar-refractivity contribution is 6.30. The van der Waals surface area contributed by atoms with E-state index in [0.29, 0.717) is 29.2 Å². The molecule has 0 aliphatic heterocycles. The number of hydrogen-bond donors (Lipinski definition) is 1. The second kappa shape index (κ2) is 5.11. The van der Waals surface area contributed by atoms with Crippen molar-refractivity contribution in [3.05, 3.63) is 28.8 Å². The average molecular weight is 206 g/mol. The van der Waals surface area contributed by atoms with Crippen molar-refractivity contribution in [3.63, 3.8) is 0 Å². The maximum absolute atomic E-state index is 8.79. The number of nitriles is 2. The molecule has 14 heavy (non-hydrogen) atoms. The molecule has 0 amide bonds. The topological polar surface area (TPSA) is 59.6 Å². The first-order valence-electron chi connectivity index (χ1n) is 4.08. The van der Waals surface area contributed by atoms with E-state index in [-0.39, 0.29) is 0 Å². The van der Waals surface area contributed by atoms with Crippen LogP contribution in [0.25, 0.3) is 0 Å². The first kappa shape index (κ1) is 10.4. The van der Waals surface area contributed by atoms with Gasteiger partial charge in [-0.15, -0.1) is 0 Å². The molecule has 3 nitrogen and oxygen atoms in total. The fourth-order valence-electron chi connectivity index (χ4n) is 1.02. The molecule has 70 valence electrons. The van der Waals surface area contributed by atoms with Crippen LogP contribution in [0.5, 0.6) is 0 Å². The van der Waals surface area contributed by atoms with Crippen LogP contribution < -0.4 is 5.32 Å². The molecule has 0 bridgehead atoms. The Kier molecular flexibility index (Phi) is 3.79. The van der Waals surface area contributed by atoms with Gasteiger partial charge < -0.3 is 5.32 Å². The molecule has 1 N–H and O–H groups in total. The Balaban J connectivity index is 2.78. The lowest BCUT2D eigenvalue weighted by molar-refractivity contribution is 1.07. The lowest BCUT2D eigenvalue weighted by Gasteiger charge is -2.05. The number of hydrogen-bond acceptors (Lipinski definition) is 3. The first-order chi connectivity index (χ1) is 6.77. The van der Waals surface area contributed by atoms with Crippen LogP contribution in [-0.2, 0) is 0 Å². The largest absolute Gasteiger partial charge is 0.383 e. The van der Waals surface area contributed by atoms with E-state index in [2.05, 4.69) is 5.32 Å². The van der Waals surface area contributed by atoms with E-state index >= 15 is 0 Å².